The lowest BCUT2D eigenvalue weighted by atomic mass is 10.2. The van der Waals surface area contributed by atoms with Crippen molar-refractivity contribution < 1.29 is 0 Å². The van der Waals surface area contributed by atoms with Gasteiger partial charge in [-0.3, -0.25) is 0 Å². The normalized spacial score (nSPS) is 18.8. The molecule has 7 nitrogen and oxygen atoms in total. The molecule has 1 atom stereocenters. The average molecular weight is 341 g/mol. The molecule has 0 radical (unpaired) electrons. The van der Waals surface area contributed by atoms with Gasteiger partial charge in [-0.15, -0.1) is 10.2 Å². The minimum absolute atomic E-state index is 0.164. The molecule has 25 heavy (non-hydrogen) atoms. The third kappa shape index (κ3) is 3.66. The van der Waals surface area contributed by atoms with E-state index in [1.165, 1.54) is 32.1 Å². The fraction of sp³-hybridized carbons (Fsp3) is 0.667. The van der Waals surface area contributed by atoms with Crippen LogP contribution in [0.25, 0.3) is 0 Å². The third-order valence-corrected chi connectivity index (χ3v) is 5.22. The molecule has 0 unspecified atom stereocenters. The summed E-state index contributed by atoms with van der Waals surface area (Å²) in [5, 5.41) is 12.4. The molecular formula is C18H27N7. The molecule has 0 spiro atoms. The van der Waals surface area contributed by atoms with Gasteiger partial charge in [0, 0.05) is 50.6 Å². The van der Waals surface area contributed by atoms with E-state index >= 15 is 0 Å². The molecule has 134 valence electrons. The third-order valence-electron chi connectivity index (χ3n) is 5.22. The Kier molecular flexibility index (Phi) is 4.92. The molecule has 2 aliphatic heterocycles. The van der Waals surface area contributed by atoms with Crippen LogP contribution in [0, 0.1) is 0 Å². The monoisotopic (exact) mass is 341 g/mol. The number of aromatic nitrogens is 5. The second-order valence-electron chi connectivity index (χ2n) is 7.12. The van der Waals surface area contributed by atoms with Gasteiger partial charge < -0.3 is 14.8 Å². The lowest BCUT2D eigenvalue weighted by Gasteiger charge is -2.16. The highest BCUT2D eigenvalue weighted by Gasteiger charge is 2.19. The molecule has 1 N–H and O–H groups in total. The number of hydrogen-bond acceptors (Lipinski definition) is 6. The summed E-state index contributed by atoms with van der Waals surface area (Å²) in [6, 6.07) is 0.164. The van der Waals surface area contributed by atoms with E-state index in [2.05, 4.69) is 41.9 Å². The minimum Gasteiger partial charge on any atom is -0.341 e. The average Bonchev–Trinajstić information content (AvgIpc) is 3.26. The van der Waals surface area contributed by atoms with E-state index in [1.807, 2.05) is 12.4 Å². The molecule has 0 aliphatic carbocycles. The molecular weight excluding hydrogens is 314 g/mol. The molecule has 2 aliphatic rings. The lowest BCUT2D eigenvalue weighted by molar-refractivity contribution is 0.501. The molecule has 0 saturated carbocycles. The van der Waals surface area contributed by atoms with E-state index in [9.17, 15) is 0 Å². The highest BCUT2D eigenvalue weighted by Crippen LogP contribution is 2.19. The van der Waals surface area contributed by atoms with Crippen molar-refractivity contribution in [1.29, 1.82) is 0 Å². The van der Waals surface area contributed by atoms with Gasteiger partial charge in [-0.2, -0.15) is 0 Å². The summed E-state index contributed by atoms with van der Waals surface area (Å²) < 4.78 is 2.30. The summed E-state index contributed by atoms with van der Waals surface area (Å²) in [6.07, 6.45) is 11.1. The molecule has 4 rings (SSSR count). The summed E-state index contributed by atoms with van der Waals surface area (Å²) in [5.41, 5.74) is 1.10. The van der Waals surface area contributed by atoms with Gasteiger partial charge in [0.1, 0.15) is 11.6 Å². The lowest BCUT2D eigenvalue weighted by Crippen LogP contribution is -2.23. The van der Waals surface area contributed by atoms with E-state index in [0.29, 0.717) is 0 Å². The van der Waals surface area contributed by atoms with Crippen molar-refractivity contribution >= 4 is 5.95 Å². The van der Waals surface area contributed by atoms with E-state index in [4.69, 9.17) is 0 Å². The van der Waals surface area contributed by atoms with Crippen molar-refractivity contribution in [2.75, 3.05) is 18.0 Å². The molecule has 1 fully saturated rings. The van der Waals surface area contributed by atoms with E-state index < -0.39 is 0 Å². The Morgan fingerprint density at radius 2 is 1.76 bits per heavy atom. The van der Waals surface area contributed by atoms with Gasteiger partial charge >= 0.3 is 0 Å². The van der Waals surface area contributed by atoms with Crippen LogP contribution in [0.3, 0.4) is 0 Å². The van der Waals surface area contributed by atoms with Gasteiger partial charge in [-0.1, -0.05) is 6.42 Å². The van der Waals surface area contributed by atoms with Crippen LogP contribution < -0.4 is 10.2 Å². The number of nitrogens with zero attached hydrogens (tertiary/aromatic N) is 6. The first-order valence-corrected chi connectivity index (χ1v) is 9.52. The summed E-state index contributed by atoms with van der Waals surface area (Å²) in [7, 11) is 0. The van der Waals surface area contributed by atoms with Gasteiger partial charge in [0.05, 0.1) is 6.04 Å². The van der Waals surface area contributed by atoms with Gasteiger partial charge in [-0.05, 0) is 32.6 Å². The molecule has 0 aromatic carbocycles. The number of anilines is 1. The van der Waals surface area contributed by atoms with Crippen LogP contribution in [0.15, 0.2) is 12.4 Å². The molecule has 0 bridgehead atoms. The van der Waals surface area contributed by atoms with Crippen LogP contribution in [-0.4, -0.2) is 37.8 Å². The zero-order valence-electron chi connectivity index (χ0n) is 15.0. The summed E-state index contributed by atoms with van der Waals surface area (Å²) in [4.78, 5) is 11.3. The fourth-order valence-corrected chi connectivity index (χ4v) is 3.71. The number of nitrogens with one attached hydrogen (secondary N) is 1. The second kappa shape index (κ2) is 7.47. The Labute approximate surface area is 148 Å². The highest BCUT2D eigenvalue weighted by molar-refractivity contribution is 5.30. The van der Waals surface area contributed by atoms with Crippen molar-refractivity contribution in [2.45, 2.75) is 64.6 Å². The van der Waals surface area contributed by atoms with Crippen LogP contribution in [-0.2, 0) is 19.5 Å². The Balaban J connectivity index is 1.37. The first-order valence-electron chi connectivity index (χ1n) is 9.52. The Bertz CT molecular complexity index is 688. The Hall–Kier alpha value is -2.02. The van der Waals surface area contributed by atoms with Crippen LogP contribution >= 0.6 is 0 Å². The standard InChI is InChI=1S/C18H27N7/c1-14(17-23-22-16-7-3-2-4-10-25(16)17)19-11-15-12-20-18(21-13-15)24-8-5-6-9-24/h12-14,19H,2-11H2,1H3/t14-/m1/s1. The van der Waals surface area contributed by atoms with Crippen molar-refractivity contribution in [2.24, 2.45) is 0 Å². The predicted molar refractivity (Wildman–Crippen MR) is 96.3 cm³/mol. The predicted octanol–water partition coefficient (Wildman–Crippen LogP) is 2.25. The molecule has 2 aromatic rings. The second-order valence-corrected chi connectivity index (χ2v) is 7.12. The van der Waals surface area contributed by atoms with Crippen molar-refractivity contribution in [1.82, 2.24) is 30.0 Å². The maximum Gasteiger partial charge on any atom is 0.225 e. The number of aryl methyl sites for hydroxylation is 1. The Morgan fingerprint density at radius 1 is 1.00 bits per heavy atom. The van der Waals surface area contributed by atoms with E-state index in [0.717, 1.165) is 55.8 Å². The zero-order chi connectivity index (χ0) is 17.1. The molecule has 2 aromatic heterocycles. The number of fused-ring (bicyclic) bond motifs is 1. The molecule has 0 amide bonds. The summed E-state index contributed by atoms with van der Waals surface area (Å²) in [6.45, 7) is 6.09. The van der Waals surface area contributed by atoms with Crippen LogP contribution in [0.2, 0.25) is 0 Å². The zero-order valence-corrected chi connectivity index (χ0v) is 15.0. The van der Waals surface area contributed by atoms with Gasteiger partial charge in [-0.25, -0.2) is 9.97 Å². The molecule has 7 heteroatoms. The van der Waals surface area contributed by atoms with Crippen molar-refractivity contribution in [3.63, 3.8) is 0 Å². The summed E-state index contributed by atoms with van der Waals surface area (Å²) in [5.74, 6) is 3.04. The van der Waals surface area contributed by atoms with Crippen molar-refractivity contribution in [3.8, 4) is 0 Å². The quantitative estimate of drug-likeness (QED) is 0.899. The minimum atomic E-state index is 0.164. The van der Waals surface area contributed by atoms with Gasteiger partial charge in [0.2, 0.25) is 5.95 Å². The largest absolute Gasteiger partial charge is 0.341 e. The maximum absolute atomic E-state index is 4.53. The first kappa shape index (κ1) is 16.4. The summed E-state index contributed by atoms with van der Waals surface area (Å²) >= 11 is 0. The number of rotatable bonds is 5. The van der Waals surface area contributed by atoms with E-state index in [1.54, 1.807) is 0 Å². The Morgan fingerprint density at radius 3 is 2.56 bits per heavy atom. The molecule has 1 saturated heterocycles. The topological polar surface area (TPSA) is 71.8 Å². The van der Waals surface area contributed by atoms with Crippen LogP contribution in [0.4, 0.5) is 5.95 Å². The highest BCUT2D eigenvalue weighted by atomic mass is 15.3. The van der Waals surface area contributed by atoms with Gasteiger partial charge in [0.15, 0.2) is 0 Å². The number of hydrogen-bond donors (Lipinski definition) is 1. The van der Waals surface area contributed by atoms with Gasteiger partial charge in [0.25, 0.3) is 0 Å². The smallest absolute Gasteiger partial charge is 0.225 e. The van der Waals surface area contributed by atoms with E-state index in [-0.39, 0.29) is 6.04 Å². The van der Waals surface area contributed by atoms with Crippen molar-refractivity contribution in [3.05, 3.63) is 29.6 Å². The SMILES string of the molecule is C[C@@H](NCc1cnc(N2CCCC2)nc1)c1nnc2n1CCCCC2. The first-order chi connectivity index (χ1) is 12.3. The molecule has 4 heterocycles. The van der Waals surface area contributed by atoms with Crippen LogP contribution in [0.5, 0.6) is 0 Å². The fourth-order valence-electron chi connectivity index (χ4n) is 3.71. The van der Waals surface area contributed by atoms with Crippen LogP contribution in [0.1, 0.15) is 62.3 Å². The maximum atomic E-state index is 4.53.